The normalized spacial score (nSPS) is 11.2. The summed E-state index contributed by atoms with van der Waals surface area (Å²) < 4.78 is 12.7. The van der Waals surface area contributed by atoms with Gasteiger partial charge in [0.05, 0.1) is 13.2 Å². The van der Waals surface area contributed by atoms with Crippen molar-refractivity contribution in [1.82, 2.24) is 4.90 Å². The summed E-state index contributed by atoms with van der Waals surface area (Å²) in [6.45, 7) is 7.56. The van der Waals surface area contributed by atoms with E-state index in [9.17, 15) is 4.39 Å². The molecule has 0 bridgehead atoms. The predicted molar refractivity (Wildman–Crippen MR) is 71.7 cm³/mol. The maximum Gasteiger partial charge on any atom is 0.123 e. The van der Waals surface area contributed by atoms with Crippen LogP contribution in [0.5, 0.6) is 0 Å². The first-order valence-electron chi connectivity index (χ1n) is 6.04. The number of aliphatic hydroxyl groups is 1. The van der Waals surface area contributed by atoms with E-state index in [2.05, 4.69) is 37.5 Å². The Morgan fingerprint density at radius 3 is 2.33 bits per heavy atom. The highest BCUT2D eigenvalue weighted by Crippen LogP contribution is 2.11. The minimum absolute atomic E-state index is 0.0276. The summed E-state index contributed by atoms with van der Waals surface area (Å²) in [6, 6.07) is 6.13. The van der Waals surface area contributed by atoms with Gasteiger partial charge in [-0.25, -0.2) is 4.39 Å². The summed E-state index contributed by atoms with van der Waals surface area (Å²) in [5.74, 6) is 5.80. The monoisotopic (exact) mass is 249 g/mol. The Kier molecular flexibility index (Phi) is 5.33. The Balaban J connectivity index is 2.65. The molecule has 0 aromatic heterocycles. The summed E-state index contributed by atoms with van der Waals surface area (Å²) in [4.78, 5) is 2.10. The molecule has 18 heavy (non-hydrogen) atoms. The lowest BCUT2D eigenvalue weighted by Crippen LogP contribution is -2.43. The molecule has 0 spiro atoms. The molecule has 0 fully saturated rings. The molecular weight excluding hydrogens is 229 g/mol. The van der Waals surface area contributed by atoms with Crippen LogP contribution in [0.2, 0.25) is 0 Å². The van der Waals surface area contributed by atoms with Gasteiger partial charge in [-0.05, 0) is 45.0 Å². The van der Waals surface area contributed by atoms with Gasteiger partial charge in [0.15, 0.2) is 0 Å². The van der Waals surface area contributed by atoms with Gasteiger partial charge < -0.3 is 5.11 Å². The molecule has 0 radical (unpaired) electrons. The summed E-state index contributed by atoms with van der Waals surface area (Å²) >= 11 is 0. The molecule has 1 aromatic rings. The van der Waals surface area contributed by atoms with Crippen molar-refractivity contribution in [3.05, 3.63) is 35.6 Å². The van der Waals surface area contributed by atoms with Crippen molar-refractivity contribution in [2.75, 3.05) is 19.7 Å². The second kappa shape index (κ2) is 6.53. The third-order valence-corrected chi connectivity index (χ3v) is 2.67. The highest BCUT2D eigenvalue weighted by Gasteiger charge is 2.19. The van der Waals surface area contributed by atoms with Gasteiger partial charge in [-0.3, -0.25) is 4.90 Å². The number of halogens is 1. The van der Waals surface area contributed by atoms with E-state index in [-0.39, 0.29) is 18.0 Å². The van der Waals surface area contributed by atoms with Gasteiger partial charge in [-0.15, -0.1) is 0 Å². The zero-order valence-corrected chi connectivity index (χ0v) is 11.2. The van der Waals surface area contributed by atoms with E-state index in [1.165, 1.54) is 12.1 Å². The van der Waals surface area contributed by atoms with E-state index in [1.807, 2.05) is 0 Å². The average Bonchev–Trinajstić information content (AvgIpc) is 2.29. The topological polar surface area (TPSA) is 23.5 Å². The fourth-order valence-corrected chi connectivity index (χ4v) is 1.54. The third-order valence-electron chi connectivity index (χ3n) is 2.67. The molecular formula is C15H20FNO. The van der Waals surface area contributed by atoms with E-state index >= 15 is 0 Å². The van der Waals surface area contributed by atoms with Crippen molar-refractivity contribution in [1.29, 1.82) is 0 Å². The minimum Gasteiger partial charge on any atom is -0.395 e. The van der Waals surface area contributed by atoms with E-state index in [4.69, 9.17) is 5.11 Å². The van der Waals surface area contributed by atoms with Crippen LogP contribution in [0.1, 0.15) is 26.3 Å². The third kappa shape index (κ3) is 4.87. The van der Waals surface area contributed by atoms with Crippen molar-refractivity contribution in [3.8, 4) is 11.8 Å². The van der Waals surface area contributed by atoms with Crippen LogP contribution in [0.4, 0.5) is 4.39 Å². The highest BCUT2D eigenvalue weighted by atomic mass is 19.1. The quantitative estimate of drug-likeness (QED) is 0.831. The lowest BCUT2D eigenvalue weighted by atomic mass is 10.1. The van der Waals surface area contributed by atoms with Crippen LogP contribution >= 0.6 is 0 Å². The molecule has 98 valence electrons. The average molecular weight is 249 g/mol. The zero-order chi connectivity index (χ0) is 13.6. The molecule has 0 atom stereocenters. The Labute approximate surface area is 108 Å². The summed E-state index contributed by atoms with van der Waals surface area (Å²) in [6.07, 6.45) is 0. The fraction of sp³-hybridized carbons (Fsp3) is 0.467. The van der Waals surface area contributed by atoms with Crippen LogP contribution in [-0.2, 0) is 0 Å². The number of hydrogen-bond acceptors (Lipinski definition) is 2. The molecule has 0 aliphatic rings. The Bertz CT molecular complexity index is 423. The molecule has 1 N–H and O–H groups in total. The maximum atomic E-state index is 12.7. The number of nitrogens with zero attached hydrogens (tertiary/aromatic N) is 1. The first-order chi connectivity index (χ1) is 8.43. The first-order valence-corrected chi connectivity index (χ1v) is 6.04. The van der Waals surface area contributed by atoms with Crippen molar-refractivity contribution < 1.29 is 9.50 Å². The minimum atomic E-state index is -0.253. The lowest BCUT2D eigenvalue weighted by Gasteiger charge is -2.33. The molecule has 0 saturated carbocycles. The zero-order valence-electron chi connectivity index (χ0n) is 11.2. The Morgan fingerprint density at radius 2 is 1.83 bits per heavy atom. The van der Waals surface area contributed by atoms with Gasteiger partial charge in [0.2, 0.25) is 0 Å². The second-order valence-electron chi connectivity index (χ2n) is 5.12. The van der Waals surface area contributed by atoms with E-state index in [1.54, 1.807) is 12.1 Å². The van der Waals surface area contributed by atoms with Crippen LogP contribution in [0.25, 0.3) is 0 Å². The van der Waals surface area contributed by atoms with Gasteiger partial charge in [-0.1, -0.05) is 11.8 Å². The molecule has 0 heterocycles. The summed E-state index contributed by atoms with van der Waals surface area (Å²) in [7, 11) is 0. The predicted octanol–water partition coefficient (Wildman–Crippen LogP) is 2.27. The van der Waals surface area contributed by atoms with E-state index in [0.29, 0.717) is 13.1 Å². The maximum absolute atomic E-state index is 12.7. The molecule has 2 nitrogen and oxygen atoms in total. The van der Waals surface area contributed by atoms with Crippen LogP contribution in [0, 0.1) is 17.7 Å². The van der Waals surface area contributed by atoms with Gasteiger partial charge in [0.25, 0.3) is 0 Å². The number of β-amino-alcohol motifs (C(OH)–C–C–N with tert-alkyl or cyclic N) is 1. The summed E-state index contributed by atoms with van der Waals surface area (Å²) in [5.41, 5.74) is 0.773. The number of rotatable bonds is 3. The Hall–Kier alpha value is -1.37. The lowest BCUT2D eigenvalue weighted by molar-refractivity contribution is 0.122. The van der Waals surface area contributed by atoms with Crippen molar-refractivity contribution in [2.24, 2.45) is 0 Å². The summed E-state index contributed by atoms with van der Waals surface area (Å²) in [5, 5.41) is 9.02. The van der Waals surface area contributed by atoms with Gasteiger partial charge >= 0.3 is 0 Å². The number of hydrogen-bond donors (Lipinski definition) is 1. The van der Waals surface area contributed by atoms with Gasteiger partial charge in [0.1, 0.15) is 5.82 Å². The molecule has 0 aliphatic carbocycles. The van der Waals surface area contributed by atoms with E-state index < -0.39 is 0 Å². The van der Waals surface area contributed by atoms with Crippen molar-refractivity contribution >= 4 is 0 Å². The van der Waals surface area contributed by atoms with E-state index in [0.717, 1.165) is 5.56 Å². The molecule has 3 heteroatoms. The van der Waals surface area contributed by atoms with Crippen LogP contribution in [0.3, 0.4) is 0 Å². The standard InChI is InChI=1S/C15H20FNO/c1-15(2,3)17(11-12-18)10-4-5-13-6-8-14(16)9-7-13/h6-9,18H,10-12H2,1-3H3. The first kappa shape index (κ1) is 14.7. The Morgan fingerprint density at radius 1 is 1.22 bits per heavy atom. The molecule has 0 saturated heterocycles. The molecule has 1 rings (SSSR count). The molecule has 1 aromatic carbocycles. The van der Waals surface area contributed by atoms with Crippen LogP contribution < -0.4 is 0 Å². The SMILES string of the molecule is CC(C)(C)N(CC#Cc1ccc(F)cc1)CCO. The largest absolute Gasteiger partial charge is 0.395 e. The van der Waals surface area contributed by atoms with Crippen LogP contribution in [-0.4, -0.2) is 35.2 Å². The molecule has 0 aliphatic heterocycles. The van der Waals surface area contributed by atoms with Gasteiger partial charge in [-0.2, -0.15) is 0 Å². The number of benzene rings is 1. The second-order valence-corrected chi connectivity index (χ2v) is 5.12. The van der Waals surface area contributed by atoms with Crippen LogP contribution in [0.15, 0.2) is 24.3 Å². The molecule has 0 amide bonds. The van der Waals surface area contributed by atoms with Crippen molar-refractivity contribution in [2.45, 2.75) is 26.3 Å². The van der Waals surface area contributed by atoms with Crippen molar-refractivity contribution in [3.63, 3.8) is 0 Å². The smallest absolute Gasteiger partial charge is 0.123 e. The fourth-order valence-electron chi connectivity index (χ4n) is 1.54. The highest BCUT2D eigenvalue weighted by molar-refractivity contribution is 5.34. The van der Waals surface area contributed by atoms with Gasteiger partial charge in [0, 0.05) is 17.6 Å². The molecule has 0 unspecified atom stereocenters. The number of aliphatic hydroxyl groups excluding tert-OH is 1.